The molecule has 0 saturated carbocycles. The van der Waals surface area contributed by atoms with Crippen LogP contribution in [-0.4, -0.2) is 13.3 Å². The number of fused-ring (bicyclic) bond motifs is 1. The summed E-state index contributed by atoms with van der Waals surface area (Å²) in [6.45, 7) is 0. The van der Waals surface area contributed by atoms with E-state index in [1.54, 1.807) is 12.5 Å². The number of hydrogen-bond donors (Lipinski definition) is 0. The number of rotatable bonds is 2. The van der Waals surface area contributed by atoms with Gasteiger partial charge in [-0.05, 0) is 29.8 Å². The van der Waals surface area contributed by atoms with E-state index in [2.05, 4.69) is 9.99 Å². The summed E-state index contributed by atoms with van der Waals surface area (Å²) in [4.78, 5) is 4.59. The lowest BCUT2D eigenvalue weighted by molar-refractivity contribution is 0.215. The van der Waals surface area contributed by atoms with E-state index in [-0.39, 0.29) is 0 Å². The van der Waals surface area contributed by atoms with Gasteiger partial charge in [-0.15, -0.1) is 0 Å². The molecule has 0 saturated heterocycles. The molecule has 0 fully saturated rings. The van der Waals surface area contributed by atoms with Crippen molar-refractivity contribution in [2.75, 3.05) is 7.11 Å². The van der Waals surface area contributed by atoms with E-state index in [0.29, 0.717) is 0 Å². The Balaban J connectivity index is 2.42. The molecule has 0 unspecified atom stereocenters. The summed E-state index contributed by atoms with van der Waals surface area (Å²) in [7, 11) is 1.52. The standard InChI is InChI=1S/C10H9NO2/c1-12-11-7-8-2-3-10-9(6-8)4-5-13-10/h2-7H,1H3/b11-7+. The topological polar surface area (TPSA) is 34.7 Å². The van der Waals surface area contributed by atoms with Crippen LogP contribution in [-0.2, 0) is 4.84 Å². The highest BCUT2D eigenvalue weighted by Gasteiger charge is 1.96. The van der Waals surface area contributed by atoms with E-state index in [1.165, 1.54) is 7.11 Å². The van der Waals surface area contributed by atoms with E-state index in [0.717, 1.165) is 16.5 Å². The summed E-state index contributed by atoms with van der Waals surface area (Å²) in [6.07, 6.45) is 3.33. The van der Waals surface area contributed by atoms with Gasteiger partial charge in [0.1, 0.15) is 12.7 Å². The van der Waals surface area contributed by atoms with Gasteiger partial charge in [-0.2, -0.15) is 0 Å². The molecule has 1 heterocycles. The van der Waals surface area contributed by atoms with Crippen molar-refractivity contribution in [2.45, 2.75) is 0 Å². The van der Waals surface area contributed by atoms with Gasteiger partial charge in [0.05, 0.1) is 12.5 Å². The predicted molar refractivity (Wildman–Crippen MR) is 50.8 cm³/mol. The molecule has 66 valence electrons. The minimum atomic E-state index is 0.884. The summed E-state index contributed by atoms with van der Waals surface area (Å²) < 4.78 is 5.20. The van der Waals surface area contributed by atoms with Crippen molar-refractivity contribution in [1.29, 1.82) is 0 Å². The lowest BCUT2D eigenvalue weighted by Crippen LogP contribution is -1.80. The Morgan fingerprint density at radius 1 is 1.38 bits per heavy atom. The number of nitrogens with zero attached hydrogens (tertiary/aromatic N) is 1. The van der Waals surface area contributed by atoms with E-state index >= 15 is 0 Å². The van der Waals surface area contributed by atoms with Crippen LogP contribution in [0.15, 0.2) is 40.1 Å². The zero-order valence-electron chi connectivity index (χ0n) is 7.23. The molecule has 0 aliphatic carbocycles. The van der Waals surface area contributed by atoms with Gasteiger partial charge in [-0.25, -0.2) is 0 Å². The first-order chi connectivity index (χ1) is 6.40. The molecule has 0 aliphatic rings. The Morgan fingerprint density at radius 3 is 3.15 bits per heavy atom. The van der Waals surface area contributed by atoms with E-state index in [9.17, 15) is 0 Å². The average Bonchev–Trinajstić information content (AvgIpc) is 2.61. The zero-order valence-corrected chi connectivity index (χ0v) is 7.23. The fraction of sp³-hybridized carbons (Fsp3) is 0.100. The molecule has 1 aromatic heterocycles. The van der Waals surface area contributed by atoms with Gasteiger partial charge in [-0.1, -0.05) is 5.16 Å². The monoisotopic (exact) mass is 175 g/mol. The second-order valence-corrected chi connectivity index (χ2v) is 2.63. The van der Waals surface area contributed by atoms with Gasteiger partial charge in [0, 0.05) is 5.39 Å². The normalized spacial score (nSPS) is 11.2. The van der Waals surface area contributed by atoms with Gasteiger partial charge in [0.15, 0.2) is 0 Å². The average molecular weight is 175 g/mol. The first kappa shape index (κ1) is 7.86. The second kappa shape index (κ2) is 3.31. The van der Waals surface area contributed by atoms with Crippen molar-refractivity contribution in [3.8, 4) is 0 Å². The van der Waals surface area contributed by atoms with Gasteiger partial charge in [0.2, 0.25) is 0 Å². The molecule has 0 spiro atoms. The third kappa shape index (κ3) is 1.54. The van der Waals surface area contributed by atoms with Crippen molar-refractivity contribution in [3.63, 3.8) is 0 Å². The lowest BCUT2D eigenvalue weighted by Gasteiger charge is -1.91. The Labute approximate surface area is 75.6 Å². The summed E-state index contributed by atoms with van der Waals surface area (Å²) in [6, 6.07) is 7.74. The summed E-state index contributed by atoms with van der Waals surface area (Å²) in [5, 5.41) is 4.75. The largest absolute Gasteiger partial charge is 0.464 e. The maximum Gasteiger partial charge on any atom is 0.133 e. The van der Waals surface area contributed by atoms with Crippen molar-refractivity contribution in [2.24, 2.45) is 5.16 Å². The first-order valence-corrected chi connectivity index (χ1v) is 3.94. The van der Waals surface area contributed by atoms with Crippen LogP contribution in [0.4, 0.5) is 0 Å². The van der Waals surface area contributed by atoms with Crippen molar-refractivity contribution >= 4 is 17.2 Å². The summed E-state index contributed by atoms with van der Waals surface area (Å²) in [5.74, 6) is 0. The molecule has 13 heavy (non-hydrogen) atoms. The maximum atomic E-state index is 5.20. The molecule has 3 nitrogen and oxygen atoms in total. The Morgan fingerprint density at radius 2 is 2.31 bits per heavy atom. The van der Waals surface area contributed by atoms with Gasteiger partial charge in [-0.3, -0.25) is 0 Å². The molecule has 0 bridgehead atoms. The van der Waals surface area contributed by atoms with Crippen LogP contribution in [0.5, 0.6) is 0 Å². The van der Waals surface area contributed by atoms with Crippen molar-refractivity contribution in [1.82, 2.24) is 0 Å². The molecular formula is C10H9NO2. The van der Waals surface area contributed by atoms with E-state index in [1.807, 2.05) is 24.3 Å². The summed E-state index contributed by atoms with van der Waals surface area (Å²) >= 11 is 0. The smallest absolute Gasteiger partial charge is 0.133 e. The van der Waals surface area contributed by atoms with Crippen molar-refractivity contribution < 1.29 is 9.25 Å². The van der Waals surface area contributed by atoms with E-state index in [4.69, 9.17) is 4.42 Å². The maximum absolute atomic E-state index is 5.20. The SMILES string of the molecule is CO/N=C/c1ccc2occc2c1. The molecule has 0 aliphatic heterocycles. The van der Waals surface area contributed by atoms with Crippen molar-refractivity contribution in [3.05, 3.63) is 36.1 Å². The molecule has 0 radical (unpaired) electrons. The van der Waals surface area contributed by atoms with Crippen LogP contribution in [0.2, 0.25) is 0 Å². The third-order valence-corrected chi connectivity index (χ3v) is 1.78. The minimum absolute atomic E-state index is 0.884. The molecular weight excluding hydrogens is 166 g/mol. The first-order valence-electron chi connectivity index (χ1n) is 3.94. The zero-order chi connectivity index (χ0) is 9.10. The van der Waals surface area contributed by atoms with Crippen LogP contribution < -0.4 is 0 Å². The number of benzene rings is 1. The molecule has 2 aromatic rings. The Kier molecular flexibility index (Phi) is 2.00. The van der Waals surface area contributed by atoms with Crippen LogP contribution in [0.1, 0.15) is 5.56 Å². The highest BCUT2D eigenvalue weighted by atomic mass is 16.6. The quantitative estimate of drug-likeness (QED) is 0.519. The van der Waals surface area contributed by atoms with E-state index < -0.39 is 0 Å². The van der Waals surface area contributed by atoms with Gasteiger partial charge < -0.3 is 9.25 Å². The third-order valence-electron chi connectivity index (χ3n) is 1.78. The molecule has 0 amide bonds. The van der Waals surface area contributed by atoms with Crippen LogP contribution >= 0.6 is 0 Å². The second-order valence-electron chi connectivity index (χ2n) is 2.63. The highest BCUT2D eigenvalue weighted by Crippen LogP contribution is 2.15. The fourth-order valence-corrected chi connectivity index (χ4v) is 1.18. The minimum Gasteiger partial charge on any atom is -0.464 e. The summed E-state index contributed by atoms with van der Waals surface area (Å²) in [5.41, 5.74) is 1.88. The molecule has 0 N–H and O–H groups in total. The number of hydrogen-bond acceptors (Lipinski definition) is 3. The predicted octanol–water partition coefficient (Wildman–Crippen LogP) is 2.41. The molecule has 3 heteroatoms. The fourth-order valence-electron chi connectivity index (χ4n) is 1.18. The molecule has 0 atom stereocenters. The number of oxime groups is 1. The van der Waals surface area contributed by atoms with Gasteiger partial charge >= 0.3 is 0 Å². The Hall–Kier alpha value is -1.77. The van der Waals surface area contributed by atoms with Crippen LogP contribution in [0.3, 0.4) is 0 Å². The molecule has 1 aromatic carbocycles. The Bertz CT molecular complexity index is 431. The van der Waals surface area contributed by atoms with Gasteiger partial charge in [0.25, 0.3) is 0 Å². The number of furan rings is 1. The highest BCUT2D eigenvalue weighted by molar-refractivity contribution is 5.87. The van der Waals surface area contributed by atoms with Crippen LogP contribution in [0, 0.1) is 0 Å². The lowest BCUT2D eigenvalue weighted by atomic mass is 10.2. The molecule has 2 rings (SSSR count). The van der Waals surface area contributed by atoms with Crippen LogP contribution in [0.25, 0.3) is 11.0 Å².